The van der Waals surface area contributed by atoms with Gasteiger partial charge in [0.25, 0.3) is 0 Å². The number of hydrogen-bond acceptors (Lipinski definition) is 2. The lowest BCUT2D eigenvalue weighted by Gasteiger charge is -2.04. The number of hydrogen-bond donors (Lipinski definition) is 0. The van der Waals surface area contributed by atoms with E-state index in [0.29, 0.717) is 12.8 Å². The Balaban J connectivity index is 2.84. The van der Waals surface area contributed by atoms with E-state index in [9.17, 15) is 4.79 Å². The normalized spacial score (nSPS) is 9.43. The molecule has 0 fully saturated rings. The number of thioether (sulfide) groups is 1. The van der Waals surface area contributed by atoms with Crippen LogP contribution in [-0.4, -0.2) is 12.0 Å². The summed E-state index contributed by atoms with van der Waals surface area (Å²) in [5.74, 6) is 2.61. The van der Waals surface area contributed by atoms with Crippen LogP contribution in [0.15, 0.2) is 29.2 Å². The molecule has 0 aliphatic heterocycles. The Kier molecular flexibility index (Phi) is 4.28. The molecule has 0 aliphatic carbocycles. The molecule has 0 bridgehead atoms. The van der Waals surface area contributed by atoms with Crippen LogP contribution in [0.4, 0.5) is 0 Å². The lowest BCUT2D eigenvalue weighted by atomic mass is 10.1. The fraction of sp³-hybridized carbons (Fsp3) is 0.250. The first-order valence-electron chi connectivity index (χ1n) is 4.39. The van der Waals surface area contributed by atoms with E-state index in [1.54, 1.807) is 11.8 Å². The van der Waals surface area contributed by atoms with Crippen molar-refractivity contribution in [3.8, 4) is 12.3 Å². The average Bonchev–Trinajstić information content (AvgIpc) is 2.25. The lowest BCUT2D eigenvalue weighted by Crippen LogP contribution is -1.99. The van der Waals surface area contributed by atoms with Crippen LogP contribution in [0.2, 0.25) is 0 Å². The standard InChI is InChI=1S/C12H12OS/c1-3-4-8-11(13)10-7-5-6-9-12(10)14-2/h1,5-7,9H,4,8H2,2H3. The number of carbonyl (C=O) groups is 1. The van der Waals surface area contributed by atoms with Crippen molar-refractivity contribution in [2.75, 3.05) is 6.26 Å². The molecule has 2 heteroatoms. The third-order valence-corrected chi connectivity index (χ3v) is 2.70. The molecule has 0 aliphatic rings. The third-order valence-electron chi connectivity index (χ3n) is 1.90. The summed E-state index contributed by atoms with van der Waals surface area (Å²) < 4.78 is 0. The minimum Gasteiger partial charge on any atom is -0.294 e. The summed E-state index contributed by atoms with van der Waals surface area (Å²) in [6, 6.07) is 7.62. The molecule has 1 rings (SSSR count). The van der Waals surface area contributed by atoms with E-state index in [1.165, 1.54) is 0 Å². The highest BCUT2D eigenvalue weighted by Crippen LogP contribution is 2.21. The maximum Gasteiger partial charge on any atom is 0.164 e. The Bertz CT molecular complexity index is 363. The predicted octanol–water partition coefficient (Wildman–Crippen LogP) is 3.00. The third kappa shape index (κ3) is 2.65. The smallest absolute Gasteiger partial charge is 0.164 e. The van der Waals surface area contributed by atoms with E-state index < -0.39 is 0 Å². The number of rotatable bonds is 4. The van der Waals surface area contributed by atoms with Crippen molar-refractivity contribution in [3.63, 3.8) is 0 Å². The molecule has 0 saturated carbocycles. The Morgan fingerprint density at radius 2 is 2.21 bits per heavy atom. The summed E-state index contributed by atoms with van der Waals surface area (Å²) in [6.07, 6.45) is 8.04. The first-order chi connectivity index (χ1) is 6.79. The van der Waals surface area contributed by atoms with Gasteiger partial charge in [0.1, 0.15) is 0 Å². The van der Waals surface area contributed by atoms with Crippen LogP contribution in [0.5, 0.6) is 0 Å². The van der Waals surface area contributed by atoms with Crippen molar-refractivity contribution in [1.29, 1.82) is 0 Å². The van der Waals surface area contributed by atoms with Crippen LogP contribution in [0.25, 0.3) is 0 Å². The van der Waals surface area contributed by atoms with Gasteiger partial charge in [0.05, 0.1) is 0 Å². The van der Waals surface area contributed by atoms with Crippen molar-refractivity contribution >= 4 is 17.5 Å². The first-order valence-corrected chi connectivity index (χ1v) is 5.61. The number of terminal acetylenes is 1. The fourth-order valence-electron chi connectivity index (χ4n) is 1.20. The predicted molar refractivity (Wildman–Crippen MR) is 60.6 cm³/mol. The molecule has 72 valence electrons. The number of benzene rings is 1. The van der Waals surface area contributed by atoms with E-state index >= 15 is 0 Å². The van der Waals surface area contributed by atoms with Crippen molar-refractivity contribution in [2.45, 2.75) is 17.7 Å². The molecule has 1 nitrogen and oxygen atoms in total. The highest BCUT2D eigenvalue weighted by atomic mass is 32.2. The monoisotopic (exact) mass is 204 g/mol. The molecular weight excluding hydrogens is 192 g/mol. The minimum atomic E-state index is 0.132. The maximum absolute atomic E-state index is 11.7. The Morgan fingerprint density at radius 3 is 2.86 bits per heavy atom. The average molecular weight is 204 g/mol. The fourth-order valence-corrected chi connectivity index (χ4v) is 1.81. The van der Waals surface area contributed by atoms with Gasteiger partial charge in [-0.3, -0.25) is 4.79 Å². The van der Waals surface area contributed by atoms with Gasteiger partial charge >= 0.3 is 0 Å². The van der Waals surface area contributed by atoms with E-state index in [-0.39, 0.29) is 5.78 Å². The summed E-state index contributed by atoms with van der Waals surface area (Å²) in [5.41, 5.74) is 0.787. The Morgan fingerprint density at radius 1 is 1.50 bits per heavy atom. The van der Waals surface area contributed by atoms with Crippen LogP contribution >= 0.6 is 11.8 Å². The molecule has 0 heterocycles. The van der Waals surface area contributed by atoms with Crippen molar-refractivity contribution in [3.05, 3.63) is 29.8 Å². The molecule has 0 spiro atoms. The molecule has 1 aromatic rings. The van der Waals surface area contributed by atoms with Crippen LogP contribution in [0.1, 0.15) is 23.2 Å². The zero-order valence-corrected chi connectivity index (χ0v) is 8.93. The summed E-state index contributed by atoms with van der Waals surface area (Å²) in [4.78, 5) is 12.7. The molecule has 0 N–H and O–H groups in total. The van der Waals surface area contributed by atoms with Crippen LogP contribution < -0.4 is 0 Å². The van der Waals surface area contributed by atoms with Gasteiger partial charge in [0.15, 0.2) is 5.78 Å². The molecule has 0 atom stereocenters. The van der Waals surface area contributed by atoms with Crippen LogP contribution in [-0.2, 0) is 0 Å². The second-order valence-corrected chi connectivity index (χ2v) is 3.68. The second kappa shape index (κ2) is 5.51. The van der Waals surface area contributed by atoms with Gasteiger partial charge in [0, 0.05) is 23.3 Å². The van der Waals surface area contributed by atoms with Crippen LogP contribution in [0.3, 0.4) is 0 Å². The molecular formula is C12H12OS. The maximum atomic E-state index is 11.7. The van der Waals surface area contributed by atoms with E-state index in [1.807, 2.05) is 30.5 Å². The summed E-state index contributed by atoms with van der Waals surface area (Å²) in [5, 5.41) is 0. The molecule has 0 unspecified atom stereocenters. The molecule has 0 saturated heterocycles. The number of Topliss-reactive ketones (excluding diaryl/α,β-unsaturated/α-hetero) is 1. The van der Waals surface area contributed by atoms with Crippen molar-refractivity contribution in [1.82, 2.24) is 0 Å². The number of carbonyl (C=O) groups excluding carboxylic acids is 1. The van der Waals surface area contributed by atoms with Gasteiger partial charge in [-0.25, -0.2) is 0 Å². The SMILES string of the molecule is C#CCCC(=O)c1ccccc1SC. The largest absolute Gasteiger partial charge is 0.294 e. The first kappa shape index (κ1) is 10.9. The zero-order chi connectivity index (χ0) is 10.4. The van der Waals surface area contributed by atoms with Crippen molar-refractivity contribution < 1.29 is 4.79 Å². The number of ketones is 1. The Labute approximate surface area is 88.9 Å². The van der Waals surface area contributed by atoms with Crippen molar-refractivity contribution in [2.24, 2.45) is 0 Å². The molecule has 1 aromatic carbocycles. The summed E-state index contributed by atoms with van der Waals surface area (Å²) in [6.45, 7) is 0. The molecule has 0 radical (unpaired) electrons. The van der Waals surface area contributed by atoms with Gasteiger partial charge < -0.3 is 0 Å². The summed E-state index contributed by atoms with van der Waals surface area (Å²) in [7, 11) is 0. The van der Waals surface area contributed by atoms with E-state index in [4.69, 9.17) is 6.42 Å². The van der Waals surface area contributed by atoms with Crippen LogP contribution in [0, 0.1) is 12.3 Å². The lowest BCUT2D eigenvalue weighted by molar-refractivity contribution is 0.0981. The highest BCUT2D eigenvalue weighted by molar-refractivity contribution is 7.98. The quantitative estimate of drug-likeness (QED) is 0.426. The van der Waals surface area contributed by atoms with E-state index in [0.717, 1.165) is 10.5 Å². The second-order valence-electron chi connectivity index (χ2n) is 2.83. The van der Waals surface area contributed by atoms with Gasteiger partial charge in [-0.15, -0.1) is 24.1 Å². The van der Waals surface area contributed by atoms with Gasteiger partial charge in [0.2, 0.25) is 0 Å². The zero-order valence-electron chi connectivity index (χ0n) is 8.12. The minimum absolute atomic E-state index is 0.132. The Hall–Kier alpha value is -1.20. The van der Waals surface area contributed by atoms with Gasteiger partial charge in [-0.05, 0) is 12.3 Å². The van der Waals surface area contributed by atoms with Gasteiger partial charge in [-0.1, -0.05) is 18.2 Å². The summed E-state index contributed by atoms with van der Waals surface area (Å²) >= 11 is 1.58. The van der Waals surface area contributed by atoms with E-state index in [2.05, 4.69) is 5.92 Å². The topological polar surface area (TPSA) is 17.1 Å². The molecule has 0 aromatic heterocycles. The molecule has 0 amide bonds. The highest BCUT2D eigenvalue weighted by Gasteiger charge is 2.08. The van der Waals surface area contributed by atoms with Gasteiger partial charge in [-0.2, -0.15) is 0 Å². The molecule has 14 heavy (non-hydrogen) atoms.